The van der Waals surface area contributed by atoms with Gasteiger partial charge in [0.05, 0.1) is 0 Å². The highest BCUT2D eigenvalue weighted by atomic mass is 16.1. The van der Waals surface area contributed by atoms with Crippen LogP contribution in [0.2, 0.25) is 0 Å². The molecule has 0 radical (unpaired) electrons. The maximum Gasteiger partial charge on any atom is 0.251 e. The third kappa shape index (κ3) is 4.49. The molecule has 1 rings (SSSR count). The summed E-state index contributed by atoms with van der Waals surface area (Å²) in [7, 11) is 0. The van der Waals surface area contributed by atoms with Gasteiger partial charge in [0.25, 0.3) is 5.91 Å². The van der Waals surface area contributed by atoms with Gasteiger partial charge in [-0.05, 0) is 18.1 Å². The van der Waals surface area contributed by atoms with E-state index in [9.17, 15) is 4.79 Å². The molecule has 5 nitrogen and oxygen atoms in total. The highest BCUT2D eigenvalue weighted by molar-refractivity contribution is 5.95. The van der Waals surface area contributed by atoms with Gasteiger partial charge < -0.3 is 10.7 Å². The number of rotatable bonds is 5. The van der Waals surface area contributed by atoms with Crippen LogP contribution < -0.4 is 16.6 Å². The molecular formula is C15H26N4O. The van der Waals surface area contributed by atoms with Gasteiger partial charge in [-0.25, -0.2) is 10.8 Å². The molecule has 5 heteroatoms. The van der Waals surface area contributed by atoms with Gasteiger partial charge in [0, 0.05) is 23.2 Å². The molecular weight excluding hydrogens is 252 g/mol. The molecule has 0 aliphatic carbocycles. The van der Waals surface area contributed by atoms with Crippen molar-refractivity contribution in [2.45, 2.75) is 46.5 Å². The Morgan fingerprint density at radius 3 is 2.55 bits per heavy atom. The van der Waals surface area contributed by atoms with E-state index in [1.807, 2.05) is 6.07 Å². The zero-order valence-electron chi connectivity index (χ0n) is 13.1. The Kier molecular flexibility index (Phi) is 5.51. The second kappa shape index (κ2) is 6.70. The minimum absolute atomic E-state index is 0.0882. The zero-order valence-corrected chi connectivity index (χ0v) is 13.1. The first-order valence-electron chi connectivity index (χ1n) is 7.05. The third-order valence-corrected chi connectivity index (χ3v) is 3.31. The van der Waals surface area contributed by atoms with E-state index in [-0.39, 0.29) is 11.3 Å². The largest absolute Gasteiger partial charge is 0.352 e. The van der Waals surface area contributed by atoms with Crippen LogP contribution in [0.15, 0.2) is 12.1 Å². The van der Waals surface area contributed by atoms with E-state index in [2.05, 4.69) is 50.3 Å². The monoisotopic (exact) mass is 278 g/mol. The van der Waals surface area contributed by atoms with Gasteiger partial charge >= 0.3 is 0 Å². The maximum absolute atomic E-state index is 12.2. The standard InChI is InChI=1S/C15H26N4O/c1-6-10(2)9-17-14(20)11-7-12(15(3,4)5)18-13(8-11)19-16/h7-8,10H,6,9,16H2,1-5H3,(H,17,20)(H,18,19). The molecule has 20 heavy (non-hydrogen) atoms. The summed E-state index contributed by atoms with van der Waals surface area (Å²) in [6, 6.07) is 3.49. The lowest BCUT2D eigenvalue weighted by atomic mass is 9.90. The number of hydrogen-bond donors (Lipinski definition) is 3. The second-order valence-corrected chi connectivity index (χ2v) is 6.24. The number of nitrogens with two attached hydrogens (primary N) is 1. The van der Waals surface area contributed by atoms with E-state index in [0.29, 0.717) is 23.8 Å². The van der Waals surface area contributed by atoms with E-state index >= 15 is 0 Å². The van der Waals surface area contributed by atoms with Crippen molar-refractivity contribution in [1.82, 2.24) is 10.3 Å². The summed E-state index contributed by atoms with van der Waals surface area (Å²) in [4.78, 5) is 16.6. The van der Waals surface area contributed by atoms with Crippen LogP contribution >= 0.6 is 0 Å². The van der Waals surface area contributed by atoms with Crippen LogP contribution in [-0.2, 0) is 5.41 Å². The van der Waals surface area contributed by atoms with Crippen molar-refractivity contribution in [2.75, 3.05) is 12.0 Å². The molecule has 1 unspecified atom stereocenters. The number of carbonyl (C=O) groups excluding carboxylic acids is 1. The van der Waals surface area contributed by atoms with E-state index in [1.54, 1.807) is 6.07 Å². The summed E-state index contributed by atoms with van der Waals surface area (Å²) < 4.78 is 0. The number of nitrogens with zero attached hydrogens (tertiary/aromatic N) is 1. The summed E-state index contributed by atoms with van der Waals surface area (Å²) in [6.45, 7) is 11.1. The van der Waals surface area contributed by atoms with Gasteiger partial charge in [-0.15, -0.1) is 0 Å². The fourth-order valence-corrected chi connectivity index (χ4v) is 1.63. The molecule has 0 bridgehead atoms. The van der Waals surface area contributed by atoms with E-state index in [0.717, 1.165) is 12.1 Å². The lowest BCUT2D eigenvalue weighted by Crippen LogP contribution is -2.29. The van der Waals surface area contributed by atoms with E-state index in [4.69, 9.17) is 5.84 Å². The molecule has 0 spiro atoms. The quantitative estimate of drug-likeness (QED) is 0.571. The number of carbonyl (C=O) groups is 1. The van der Waals surface area contributed by atoms with Crippen LogP contribution in [0.25, 0.3) is 0 Å². The summed E-state index contributed by atoms with van der Waals surface area (Å²) >= 11 is 0. The molecule has 112 valence electrons. The third-order valence-electron chi connectivity index (χ3n) is 3.31. The van der Waals surface area contributed by atoms with Crippen LogP contribution in [-0.4, -0.2) is 17.4 Å². The lowest BCUT2D eigenvalue weighted by Gasteiger charge is -2.20. The Balaban J connectivity index is 2.96. The van der Waals surface area contributed by atoms with Crippen LogP contribution in [0.1, 0.15) is 57.1 Å². The molecule has 0 aliphatic rings. The van der Waals surface area contributed by atoms with Crippen molar-refractivity contribution in [3.05, 3.63) is 23.4 Å². The fourth-order valence-electron chi connectivity index (χ4n) is 1.63. The molecule has 4 N–H and O–H groups in total. The number of amides is 1. The summed E-state index contributed by atoms with van der Waals surface area (Å²) in [5.74, 6) is 6.32. The SMILES string of the molecule is CCC(C)CNC(=O)c1cc(NN)nc(C(C)(C)C)c1. The number of nitrogen functional groups attached to an aromatic ring is 1. The van der Waals surface area contributed by atoms with Gasteiger partial charge in [-0.3, -0.25) is 4.79 Å². The number of hydrogen-bond acceptors (Lipinski definition) is 4. The predicted octanol–water partition coefficient (Wildman–Crippen LogP) is 2.44. The molecule has 1 amide bonds. The molecule has 1 aromatic rings. The van der Waals surface area contributed by atoms with Gasteiger partial charge in [-0.1, -0.05) is 41.0 Å². The summed E-state index contributed by atoms with van der Waals surface area (Å²) in [5.41, 5.74) is 3.80. The van der Waals surface area contributed by atoms with Crippen molar-refractivity contribution < 1.29 is 4.79 Å². The summed E-state index contributed by atoms with van der Waals surface area (Å²) in [5, 5.41) is 2.94. The predicted molar refractivity (Wildman–Crippen MR) is 82.5 cm³/mol. The van der Waals surface area contributed by atoms with Crippen molar-refractivity contribution >= 4 is 11.7 Å². The second-order valence-electron chi connectivity index (χ2n) is 6.24. The average molecular weight is 278 g/mol. The minimum atomic E-state index is -0.140. The highest BCUT2D eigenvalue weighted by Crippen LogP contribution is 2.23. The smallest absolute Gasteiger partial charge is 0.251 e. The molecule has 1 atom stereocenters. The molecule has 0 saturated carbocycles. The van der Waals surface area contributed by atoms with E-state index < -0.39 is 0 Å². The Bertz CT molecular complexity index is 465. The molecule has 0 saturated heterocycles. The first-order chi connectivity index (χ1) is 9.27. The maximum atomic E-state index is 12.2. The number of nitrogens with one attached hydrogen (secondary N) is 2. The van der Waals surface area contributed by atoms with Crippen LogP contribution in [0.5, 0.6) is 0 Å². The number of hydrazine groups is 1. The first kappa shape index (κ1) is 16.4. The van der Waals surface area contributed by atoms with Crippen molar-refractivity contribution in [2.24, 2.45) is 11.8 Å². The molecule has 0 fully saturated rings. The lowest BCUT2D eigenvalue weighted by molar-refractivity contribution is 0.0947. The molecule has 0 aliphatic heterocycles. The van der Waals surface area contributed by atoms with Gasteiger partial charge in [0.1, 0.15) is 5.82 Å². The Morgan fingerprint density at radius 2 is 2.05 bits per heavy atom. The number of aromatic nitrogens is 1. The first-order valence-corrected chi connectivity index (χ1v) is 7.05. The van der Waals surface area contributed by atoms with Crippen LogP contribution in [0.4, 0.5) is 5.82 Å². The van der Waals surface area contributed by atoms with Gasteiger partial charge in [0.2, 0.25) is 0 Å². The Hall–Kier alpha value is -1.62. The van der Waals surface area contributed by atoms with Gasteiger partial charge in [0.15, 0.2) is 0 Å². The Morgan fingerprint density at radius 1 is 1.40 bits per heavy atom. The van der Waals surface area contributed by atoms with Gasteiger partial charge in [-0.2, -0.15) is 0 Å². The van der Waals surface area contributed by atoms with Crippen LogP contribution in [0, 0.1) is 5.92 Å². The number of anilines is 1. The highest BCUT2D eigenvalue weighted by Gasteiger charge is 2.19. The molecule has 1 aromatic heterocycles. The van der Waals surface area contributed by atoms with Crippen LogP contribution in [0.3, 0.4) is 0 Å². The summed E-state index contributed by atoms with van der Waals surface area (Å²) in [6.07, 6.45) is 1.04. The fraction of sp³-hybridized carbons (Fsp3) is 0.600. The molecule has 1 heterocycles. The topological polar surface area (TPSA) is 80.0 Å². The average Bonchev–Trinajstić information content (AvgIpc) is 2.42. The Labute approximate surface area is 121 Å². The van der Waals surface area contributed by atoms with Crippen molar-refractivity contribution in [1.29, 1.82) is 0 Å². The van der Waals surface area contributed by atoms with E-state index in [1.165, 1.54) is 0 Å². The van der Waals surface area contributed by atoms with Crippen molar-refractivity contribution in [3.63, 3.8) is 0 Å². The number of pyridine rings is 1. The zero-order chi connectivity index (χ0) is 15.3. The normalized spacial score (nSPS) is 12.9. The van der Waals surface area contributed by atoms with Crippen molar-refractivity contribution in [3.8, 4) is 0 Å². The minimum Gasteiger partial charge on any atom is -0.352 e. The molecule has 0 aromatic carbocycles.